The van der Waals surface area contributed by atoms with Gasteiger partial charge in [-0.25, -0.2) is 15.1 Å². The molecule has 0 atom stereocenters. The van der Waals surface area contributed by atoms with Gasteiger partial charge in [0.25, 0.3) is 0 Å². The molecular formula is C8H15N3O6. The first-order valence-electron chi connectivity index (χ1n) is 4.61. The summed E-state index contributed by atoms with van der Waals surface area (Å²) in [6.07, 6.45) is 3.74. The Morgan fingerprint density at radius 2 is 1.65 bits per heavy atom. The Labute approximate surface area is 96.7 Å². The lowest BCUT2D eigenvalue weighted by Gasteiger charge is -2.23. The maximum atomic E-state index is 9.79. The van der Waals surface area contributed by atoms with Gasteiger partial charge in [0.2, 0.25) is 0 Å². The van der Waals surface area contributed by atoms with E-state index in [9.17, 15) is 10.1 Å². The van der Waals surface area contributed by atoms with Crippen molar-refractivity contribution in [2.45, 2.75) is 0 Å². The number of imidazole rings is 1. The predicted molar refractivity (Wildman–Crippen MR) is 55.4 cm³/mol. The summed E-state index contributed by atoms with van der Waals surface area (Å²) < 4.78 is 0.778. The second-order valence-corrected chi connectivity index (χ2v) is 3.31. The molecule has 0 aliphatic carbocycles. The van der Waals surface area contributed by atoms with Crippen molar-refractivity contribution in [3.8, 4) is 0 Å². The van der Waals surface area contributed by atoms with Gasteiger partial charge in [-0.1, -0.05) is 4.68 Å². The fourth-order valence-corrected chi connectivity index (χ4v) is 0.649. The summed E-state index contributed by atoms with van der Waals surface area (Å²) in [7, 11) is 0. The molecule has 0 saturated heterocycles. The first kappa shape index (κ1) is 15.4. The molecule has 0 fully saturated rings. The van der Waals surface area contributed by atoms with Gasteiger partial charge in [-0.15, -0.1) is 0 Å². The van der Waals surface area contributed by atoms with Crippen molar-refractivity contribution >= 4 is 0 Å². The zero-order valence-corrected chi connectivity index (χ0v) is 9.01. The Morgan fingerprint density at radius 3 is 1.76 bits per heavy atom. The molecule has 0 saturated carbocycles. The van der Waals surface area contributed by atoms with Gasteiger partial charge in [-0.3, -0.25) is 0 Å². The Balaban J connectivity index is 0.000000302. The van der Waals surface area contributed by atoms with Gasteiger partial charge in [-0.2, -0.15) is 0 Å². The Morgan fingerprint density at radius 1 is 1.18 bits per heavy atom. The largest absolute Gasteiger partial charge is 0.396 e. The average molecular weight is 249 g/mol. The minimum Gasteiger partial charge on any atom is -0.396 e. The molecule has 4 N–H and O–H groups in total. The Kier molecular flexibility index (Phi) is 6.98. The molecule has 0 aliphatic heterocycles. The lowest BCUT2D eigenvalue weighted by molar-refractivity contribution is -0.542. The third kappa shape index (κ3) is 4.87. The first-order chi connectivity index (χ1) is 8.05. The van der Waals surface area contributed by atoms with Gasteiger partial charge in [0, 0.05) is 0 Å². The minimum absolute atomic E-state index is 0.406. The van der Waals surface area contributed by atoms with Crippen LogP contribution >= 0.6 is 0 Å². The lowest BCUT2D eigenvalue weighted by Crippen LogP contribution is -2.37. The van der Waals surface area contributed by atoms with Gasteiger partial charge < -0.3 is 20.4 Å². The molecular weight excluding hydrogens is 234 g/mol. The molecule has 0 spiro atoms. The Hall–Kier alpha value is -1.55. The number of hydrogen-bond donors (Lipinski definition) is 4. The summed E-state index contributed by atoms with van der Waals surface area (Å²) in [4.78, 5) is 13.3. The molecule has 1 aromatic heterocycles. The predicted octanol–water partition coefficient (Wildman–Crippen LogP) is -2.14. The van der Waals surface area contributed by atoms with Crippen LogP contribution in [-0.4, -0.2) is 61.5 Å². The fraction of sp³-hybridized carbons (Fsp3) is 0.625. The summed E-state index contributed by atoms with van der Waals surface area (Å²) in [6.45, 7) is -1.62. The van der Waals surface area contributed by atoms with Crippen LogP contribution in [0.15, 0.2) is 18.7 Å². The molecule has 9 heteroatoms. The quantitative estimate of drug-likeness (QED) is 0.344. The maximum absolute atomic E-state index is 9.79. The summed E-state index contributed by atoms with van der Waals surface area (Å²) in [5.41, 5.74) is -1.11. The molecule has 0 amide bonds. The van der Waals surface area contributed by atoms with E-state index in [0.717, 1.165) is 11.0 Å². The van der Waals surface area contributed by atoms with E-state index in [1.807, 2.05) is 0 Å². The van der Waals surface area contributed by atoms with Gasteiger partial charge in [0.15, 0.2) is 11.4 Å². The fourth-order valence-electron chi connectivity index (χ4n) is 0.649. The number of hydrogen-bond acceptors (Lipinski definition) is 7. The van der Waals surface area contributed by atoms with Crippen LogP contribution in [0.2, 0.25) is 0 Å². The van der Waals surface area contributed by atoms with Crippen molar-refractivity contribution in [1.82, 2.24) is 9.66 Å². The summed E-state index contributed by atoms with van der Waals surface area (Å²) in [5, 5.41) is 43.2. The van der Waals surface area contributed by atoms with Gasteiger partial charge in [-0.05, 0) is 0 Å². The lowest BCUT2D eigenvalue weighted by atomic mass is 9.93. The zero-order valence-electron chi connectivity index (χ0n) is 9.01. The molecule has 17 heavy (non-hydrogen) atoms. The van der Waals surface area contributed by atoms with E-state index in [4.69, 9.17) is 20.4 Å². The van der Waals surface area contributed by atoms with Crippen LogP contribution in [-0.2, 0) is 0 Å². The highest BCUT2D eigenvalue weighted by molar-refractivity contribution is 4.74. The number of aliphatic hydroxyl groups is 4. The van der Waals surface area contributed by atoms with E-state index in [1.165, 1.54) is 12.4 Å². The Bertz CT molecular complexity index is 294. The van der Waals surface area contributed by atoms with Gasteiger partial charge >= 0.3 is 0 Å². The van der Waals surface area contributed by atoms with Crippen LogP contribution in [0.4, 0.5) is 0 Å². The van der Waals surface area contributed by atoms with Crippen LogP contribution in [0.25, 0.3) is 0 Å². The average Bonchev–Trinajstić information content (AvgIpc) is 2.87. The molecule has 1 aromatic rings. The van der Waals surface area contributed by atoms with Crippen LogP contribution in [0.1, 0.15) is 0 Å². The number of nitro groups is 1. The van der Waals surface area contributed by atoms with E-state index in [-0.39, 0.29) is 0 Å². The number of aromatic nitrogens is 2. The van der Waals surface area contributed by atoms with E-state index in [0.29, 0.717) is 0 Å². The van der Waals surface area contributed by atoms with Crippen molar-refractivity contribution in [3.05, 3.63) is 28.8 Å². The molecule has 1 heterocycles. The molecule has 9 nitrogen and oxygen atoms in total. The molecule has 0 bridgehead atoms. The SMILES string of the molecule is O=[N+]([O-])n1ccnc1.OCC(CO)(CO)CO. The number of nitrogens with zero attached hydrogens (tertiary/aromatic N) is 3. The summed E-state index contributed by atoms with van der Waals surface area (Å²) in [6, 6.07) is 0. The van der Waals surface area contributed by atoms with E-state index in [2.05, 4.69) is 4.98 Å². The third-order valence-electron chi connectivity index (χ3n) is 2.02. The monoisotopic (exact) mass is 249 g/mol. The summed E-state index contributed by atoms with van der Waals surface area (Å²) >= 11 is 0. The highest BCUT2D eigenvalue weighted by Crippen LogP contribution is 2.11. The van der Waals surface area contributed by atoms with Gasteiger partial charge in [0.05, 0.1) is 44.2 Å². The zero-order chi connectivity index (χ0) is 13.3. The molecule has 0 radical (unpaired) electrons. The highest BCUT2D eigenvalue weighted by Gasteiger charge is 2.26. The summed E-state index contributed by atoms with van der Waals surface area (Å²) in [5.74, 6) is 0. The number of aliphatic hydroxyl groups excluding tert-OH is 4. The van der Waals surface area contributed by atoms with Crippen molar-refractivity contribution in [3.63, 3.8) is 0 Å². The second-order valence-electron chi connectivity index (χ2n) is 3.31. The molecule has 0 aromatic carbocycles. The van der Waals surface area contributed by atoms with E-state index >= 15 is 0 Å². The van der Waals surface area contributed by atoms with E-state index in [1.54, 1.807) is 0 Å². The molecule has 0 aliphatic rings. The standard InChI is InChI=1S/C5H12O4.C3H3N3O2/c6-1-5(2-7,3-8)4-9;7-6(8)5-2-1-4-3-5/h6-9H,1-4H2;1-3H. The van der Waals surface area contributed by atoms with Crippen molar-refractivity contribution in [1.29, 1.82) is 0 Å². The highest BCUT2D eigenvalue weighted by atomic mass is 16.7. The number of rotatable bonds is 5. The topological polar surface area (TPSA) is 142 Å². The van der Waals surface area contributed by atoms with Crippen LogP contribution in [0, 0.1) is 15.5 Å². The maximum Gasteiger partial charge on any atom is 0.170 e. The van der Waals surface area contributed by atoms with Crippen LogP contribution in [0.3, 0.4) is 0 Å². The van der Waals surface area contributed by atoms with E-state index < -0.39 is 36.9 Å². The third-order valence-corrected chi connectivity index (χ3v) is 2.02. The smallest absolute Gasteiger partial charge is 0.170 e. The van der Waals surface area contributed by atoms with Crippen LogP contribution in [0.5, 0.6) is 0 Å². The van der Waals surface area contributed by atoms with Crippen molar-refractivity contribution in [2.75, 3.05) is 26.4 Å². The molecule has 98 valence electrons. The normalized spacial score (nSPS) is 10.6. The first-order valence-corrected chi connectivity index (χ1v) is 4.61. The van der Waals surface area contributed by atoms with Crippen molar-refractivity contribution in [2.24, 2.45) is 5.41 Å². The van der Waals surface area contributed by atoms with Crippen molar-refractivity contribution < 1.29 is 25.5 Å². The van der Waals surface area contributed by atoms with Crippen LogP contribution < -0.4 is 0 Å². The molecule has 1 rings (SSSR count). The van der Waals surface area contributed by atoms with Gasteiger partial charge in [0.1, 0.15) is 0 Å². The molecule has 0 unspecified atom stereocenters. The minimum atomic E-state index is -1.11. The second kappa shape index (κ2) is 7.68.